The molecule has 0 unspecified atom stereocenters. The molecule has 48 valence electrons. The third-order valence-electron chi connectivity index (χ3n) is 1.58. The van der Waals surface area contributed by atoms with Crippen LogP contribution in [0.4, 0.5) is 0 Å². The van der Waals surface area contributed by atoms with Crippen molar-refractivity contribution in [3.8, 4) is 0 Å². The molecule has 1 nitrogen and oxygen atoms in total. The van der Waals surface area contributed by atoms with E-state index in [1.54, 1.807) is 0 Å². The molecule has 0 aromatic rings. The summed E-state index contributed by atoms with van der Waals surface area (Å²) < 4.78 is 0. The zero-order valence-corrected chi connectivity index (χ0v) is 6.03. The minimum absolute atomic E-state index is 1.04. The summed E-state index contributed by atoms with van der Waals surface area (Å²) >= 11 is 4.13. The fourth-order valence-electron chi connectivity index (χ4n) is 0.900. The summed E-state index contributed by atoms with van der Waals surface area (Å²) in [5, 5.41) is 0. The Morgan fingerprint density at radius 2 is 2.12 bits per heavy atom. The molecule has 1 heterocycles. The van der Waals surface area contributed by atoms with Crippen molar-refractivity contribution in [2.24, 2.45) is 0 Å². The first-order valence-corrected chi connectivity index (χ1v) is 3.90. The number of rotatable bonds is 3. The summed E-state index contributed by atoms with van der Waals surface area (Å²) in [5.74, 6) is 1.04. The molecular formula is C6H13NS. The van der Waals surface area contributed by atoms with Crippen LogP contribution in [0.3, 0.4) is 0 Å². The van der Waals surface area contributed by atoms with Crippen molar-refractivity contribution in [2.75, 3.05) is 25.4 Å². The van der Waals surface area contributed by atoms with Gasteiger partial charge >= 0.3 is 0 Å². The minimum atomic E-state index is 1.04. The third kappa shape index (κ3) is 1.67. The number of hydrogen-bond acceptors (Lipinski definition) is 2. The molecule has 1 aliphatic heterocycles. The molecule has 0 radical (unpaired) electrons. The normalized spacial score (nSPS) is 20.6. The second kappa shape index (κ2) is 3.36. The first-order valence-electron chi connectivity index (χ1n) is 3.26. The Kier molecular flexibility index (Phi) is 2.70. The summed E-state index contributed by atoms with van der Waals surface area (Å²) in [7, 11) is 0. The van der Waals surface area contributed by atoms with Crippen molar-refractivity contribution in [3.63, 3.8) is 0 Å². The Labute approximate surface area is 56.5 Å². The standard InChI is InChI=1S/C6H13NS/c8-6-2-5-7-3-1-4-7/h8H,1-6H2. The predicted molar refractivity (Wildman–Crippen MR) is 39.5 cm³/mol. The van der Waals surface area contributed by atoms with Crippen LogP contribution in [0.1, 0.15) is 12.8 Å². The van der Waals surface area contributed by atoms with Gasteiger partial charge in [0.1, 0.15) is 0 Å². The Morgan fingerprint density at radius 1 is 1.38 bits per heavy atom. The summed E-state index contributed by atoms with van der Waals surface area (Å²) in [6.45, 7) is 3.92. The molecule has 0 aromatic heterocycles. The van der Waals surface area contributed by atoms with Gasteiger partial charge in [0.25, 0.3) is 0 Å². The lowest BCUT2D eigenvalue weighted by molar-refractivity contribution is 0.182. The molecule has 2 heteroatoms. The quantitative estimate of drug-likeness (QED) is 0.559. The average molecular weight is 131 g/mol. The van der Waals surface area contributed by atoms with E-state index < -0.39 is 0 Å². The predicted octanol–water partition coefficient (Wildman–Crippen LogP) is 1.01. The SMILES string of the molecule is SCCCN1CCC1. The number of likely N-dealkylation sites (tertiary alicyclic amines) is 1. The van der Waals surface area contributed by atoms with E-state index in [4.69, 9.17) is 0 Å². The van der Waals surface area contributed by atoms with E-state index in [1.807, 2.05) is 0 Å². The van der Waals surface area contributed by atoms with Crippen LogP contribution in [-0.4, -0.2) is 30.3 Å². The molecule has 0 N–H and O–H groups in total. The van der Waals surface area contributed by atoms with Crippen molar-refractivity contribution in [3.05, 3.63) is 0 Å². The Hall–Kier alpha value is 0.310. The highest BCUT2D eigenvalue weighted by molar-refractivity contribution is 7.80. The second-order valence-corrected chi connectivity index (χ2v) is 2.72. The zero-order chi connectivity index (χ0) is 5.82. The molecule has 0 atom stereocenters. The minimum Gasteiger partial charge on any atom is -0.303 e. The highest BCUT2D eigenvalue weighted by atomic mass is 32.1. The molecule has 1 fully saturated rings. The van der Waals surface area contributed by atoms with Crippen LogP contribution in [0.5, 0.6) is 0 Å². The molecule has 0 aromatic carbocycles. The van der Waals surface area contributed by atoms with Crippen LogP contribution >= 0.6 is 12.6 Å². The summed E-state index contributed by atoms with van der Waals surface area (Å²) in [6.07, 6.45) is 2.66. The summed E-state index contributed by atoms with van der Waals surface area (Å²) in [5.41, 5.74) is 0. The van der Waals surface area contributed by atoms with E-state index in [9.17, 15) is 0 Å². The number of thiol groups is 1. The van der Waals surface area contributed by atoms with Gasteiger partial charge in [-0.05, 0) is 38.2 Å². The smallest absolute Gasteiger partial charge is 0.000653 e. The van der Waals surface area contributed by atoms with Gasteiger partial charge in [-0.3, -0.25) is 0 Å². The lowest BCUT2D eigenvalue weighted by Gasteiger charge is -2.30. The maximum atomic E-state index is 4.13. The number of hydrogen-bond donors (Lipinski definition) is 1. The van der Waals surface area contributed by atoms with Gasteiger partial charge in [0, 0.05) is 0 Å². The van der Waals surface area contributed by atoms with Crippen LogP contribution in [0.15, 0.2) is 0 Å². The van der Waals surface area contributed by atoms with Crippen molar-refractivity contribution < 1.29 is 0 Å². The highest BCUT2D eigenvalue weighted by Crippen LogP contribution is 2.05. The van der Waals surface area contributed by atoms with Crippen LogP contribution in [0, 0.1) is 0 Å². The molecule has 1 aliphatic rings. The largest absolute Gasteiger partial charge is 0.303 e. The summed E-state index contributed by atoms with van der Waals surface area (Å²) in [6, 6.07) is 0. The molecule has 1 rings (SSSR count). The van der Waals surface area contributed by atoms with Gasteiger partial charge in [-0.15, -0.1) is 0 Å². The molecule has 1 saturated heterocycles. The lowest BCUT2D eigenvalue weighted by atomic mass is 10.2. The lowest BCUT2D eigenvalue weighted by Crippen LogP contribution is -2.37. The van der Waals surface area contributed by atoms with Gasteiger partial charge in [0.15, 0.2) is 0 Å². The fraction of sp³-hybridized carbons (Fsp3) is 1.00. The topological polar surface area (TPSA) is 3.24 Å². The van der Waals surface area contributed by atoms with Crippen LogP contribution < -0.4 is 0 Å². The van der Waals surface area contributed by atoms with E-state index in [0.717, 1.165) is 5.75 Å². The van der Waals surface area contributed by atoms with Crippen molar-refractivity contribution in [2.45, 2.75) is 12.8 Å². The van der Waals surface area contributed by atoms with Crippen molar-refractivity contribution in [1.82, 2.24) is 4.90 Å². The Balaban J connectivity index is 1.86. The molecule has 0 spiro atoms. The van der Waals surface area contributed by atoms with E-state index >= 15 is 0 Å². The fourth-order valence-corrected chi connectivity index (χ4v) is 1.04. The van der Waals surface area contributed by atoms with Crippen LogP contribution in [0.25, 0.3) is 0 Å². The summed E-state index contributed by atoms with van der Waals surface area (Å²) in [4.78, 5) is 2.47. The molecule has 0 bridgehead atoms. The monoisotopic (exact) mass is 131 g/mol. The van der Waals surface area contributed by atoms with Crippen molar-refractivity contribution >= 4 is 12.6 Å². The first kappa shape index (κ1) is 6.43. The Morgan fingerprint density at radius 3 is 2.50 bits per heavy atom. The second-order valence-electron chi connectivity index (χ2n) is 2.27. The molecule has 0 saturated carbocycles. The van der Waals surface area contributed by atoms with E-state index in [2.05, 4.69) is 17.5 Å². The molecule has 0 aliphatic carbocycles. The van der Waals surface area contributed by atoms with Crippen LogP contribution in [-0.2, 0) is 0 Å². The van der Waals surface area contributed by atoms with E-state index in [1.165, 1.54) is 32.5 Å². The molecule has 8 heavy (non-hydrogen) atoms. The maximum absolute atomic E-state index is 4.13. The van der Waals surface area contributed by atoms with Gasteiger partial charge in [-0.25, -0.2) is 0 Å². The highest BCUT2D eigenvalue weighted by Gasteiger charge is 2.11. The van der Waals surface area contributed by atoms with Gasteiger partial charge < -0.3 is 4.90 Å². The zero-order valence-electron chi connectivity index (χ0n) is 5.14. The molecule has 0 amide bonds. The van der Waals surface area contributed by atoms with Gasteiger partial charge in [-0.2, -0.15) is 12.6 Å². The Bertz CT molecular complexity index is 61.5. The number of nitrogens with zero attached hydrogens (tertiary/aromatic N) is 1. The van der Waals surface area contributed by atoms with E-state index in [-0.39, 0.29) is 0 Å². The first-order chi connectivity index (χ1) is 3.93. The third-order valence-corrected chi connectivity index (χ3v) is 1.90. The van der Waals surface area contributed by atoms with Gasteiger partial charge in [-0.1, -0.05) is 0 Å². The van der Waals surface area contributed by atoms with Gasteiger partial charge in [0.2, 0.25) is 0 Å². The van der Waals surface area contributed by atoms with Crippen molar-refractivity contribution in [1.29, 1.82) is 0 Å². The maximum Gasteiger partial charge on any atom is -0.000653 e. The van der Waals surface area contributed by atoms with E-state index in [0.29, 0.717) is 0 Å². The average Bonchev–Trinajstić information content (AvgIpc) is 1.63. The van der Waals surface area contributed by atoms with Gasteiger partial charge in [0.05, 0.1) is 0 Å². The molecular weight excluding hydrogens is 118 g/mol. The van der Waals surface area contributed by atoms with Crippen LogP contribution in [0.2, 0.25) is 0 Å².